The summed E-state index contributed by atoms with van der Waals surface area (Å²) in [5.41, 5.74) is 9.75. The Bertz CT molecular complexity index is 2360. The van der Waals surface area contributed by atoms with Gasteiger partial charge in [-0.1, -0.05) is 0 Å². The number of H-pyrrole nitrogens is 3. The molecule has 278 valence electrons. The number of ketones is 1. The van der Waals surface area contributed by atoms with Gasteiger partial charge in [-0.05, 0) is 140 Å². The van der Waals surface area contributed by atoms with Crippen LogP contribution >= 0.6 is 0 Å². The molecule has 0 saturated carbocycles. The van der Waals surface area contributed by atoms with Crippen LogP contribution in [0.3, 0.4) is 0 Å². The van der Waals surface area contributed by atoms with Crippen molar-refractivity contribution in [1.82, 2.24) is 20.2 Å². The molecule has 5 aromatic rings. The molecule has 0 radical (unpaired) electrons. The van der Waals surface area contributed by atoms with Crippen LogP contribution < -0.4 is 9.80 Å². The van der Waals surface area contributed by atoms with Crippen LogP contribution in [0.25, 0.3) is 33.2 Å². The fraction of sp³-hybridized carbons (Fsp3) is 0.476. The van der Waals surface area contributed by atoms with Gasteiger partial charge in [0, 0.05) is 57.2 Å². The van der Waals surface area contributed by atoms with Crippen LogP contribution in [-0.4, -0.2) is 49.8 Å². The summed E-state index contributed by atoms with van der Waals surface area (Å²) in [6.45, 7) is 16.0. The summed E-state index contributed by atoms with van der Waals surface area (Å²) in [6, 6.07) is 8.55. The highest BCUT2D eigenvalue weighted by molar-refractivity contribution is 6.12. The smallest absolute Gasteiger partial charge is 0.280 e. The number of carbonyl (C=O) groups excluding carboxylic acids is 3. The van der Waals surface area contributed by atoms with Crippen molar-refractivity contribution in [2.45, 2.75) is 130 Å². The van der Waals surface area contributed by atoms with Crippen LogP contribution in [0.4, 0.5) is 20.2 Å². The molecule has 0 saturated heterocycles. The maximum absolute atomic E-state index is 13.4. The van der Waals surface area contributed by atoms with Crippen LogP contribution in [0.2, 0.25) is 0 Å². The lowest BCUT2D eigenvalue weighted by atomic mass is 9.85. The molecule has 5 heterocycles. The number of aryl methyl sites for hydroxylation is 2. The van der Waals surface area contributed by atoms with Crippen LogP contribution in [0, 0.1) is 0 Å². The highest BCUT2D eigenvalue weighted by atomic mass is 19.3. The van der Waals surface area contributed by atoms with E-state index in [-0.39, 0.29) is 35.4 Å². The molecule has 53 heavy (non-hydrogen) atoms. The Balaban J connectivity index is 0.000000154. The Hall–Kier alpha value is -4.80. The van der Waals surface area contributed by atoms with E-state index in [9.17, 15) is 23.2 Å². The number of rotatable bonds is 3. The molecule has 3 N–H and O–H groups in total. The third-order valence-electron chi connectivity index (χ3n) is 12.0. The van der Waals surface area contributed by atoms with Crippen molar-refractivity contribution in [3.05, 3.63) is 63.5 Å². The van der Waals surface area contributed by atoms with E-state index in [1.165, 1.54) is 0 Å². The summed E-state index contributed by atoms with van der Waals surface area (Å²) in [5, 5.41) is 8.93. The average Bonchev–Trinajstić information content (AvgIpc) is 3.80. The minimum atomic E-state index is -2.56. The molecule has 0 spiro atoms. The fourth-order valence-corrected chi connectivity index (χ4v) is 9.18. The number of benzene rings is 2. The van der Waals surface area contributed by atoms with E-state index in [2.05, 4.69) is 58.3 Å². The summed E-state index contributed by atoms with van der Waals surface area (Å²) >= 11 is 0. The first-order chi connectivity index (χ1) is 25.0. The molecule has 0 fully saturated rings. The Labute approximate surface area is 307 Å². The average molecular weight is 723 g/mol. The number of hydrogen-bond acceptors (Lipinski definition) is 4. The zero-order chi connectivity index (χ0) is 37.9. The number of Topliss-reactive ketones (excluding diaryl/α,β-unsaturated/α-hetero) is 1. The molecule has 9 rings (SSSR count). The highest BCUT2D eigenvalue weighted by Crippen LogP contribution is 2.48. The second-order valence-corrected chi connectivity index (χ2v) is 16.8. The van der Waals surface area contributed by atoms with Crippen molar-refractivity contribution < 1.29 is 23.2 Å². The third kappa shape index (κ3) is 5.12. The number of aromatic nitrogens is 4. The lowest BCUT2D eigenvalue weighted by Crippen LogP contribution is -2.40. The molecule has 0 bridgehead atoms. The number of fused-ring (bicyclic) bond motifs is 10. The van der Waals surface area contributed by atoms with Gasteiger partial charge in [0.15, 0.2) is 5.78 Å². The SMILES string of the molecule is CC(C)N1C(=O)C(C)(C)c2cc3[nH]c4c(c3cc21)CCCCC4=O.CC(C)N1C(=O)C(C)(C)c2cc3[nH]c4c(c3cc21)CCCc1c-4n[nH]c1C(F)F. The third-order valence-corrected chi connectivity index (χ3v) is 12.0. The number of halogens is 2. The summed E-state index contributed by atoms with van der Waals surface area (Å²) in [4.78, 5) is 48.9. The van der Waals surface area contributed by atoms with Gasteiger partial charge < -0.3 is 19.8 Å². The van der Waals surface area contributed by atoms with Crippen molar-refractivity contribution in [3.63, 3.8) is 0 Å². The number of alkyl halides is 2. The quantitative estimate of drug-likeness (QED) is 0.161. The first-order valence-electron chi connectivity index (χ1n) is 19.0. The maximum atomic E-state index is 13.4. The van der Waals surface area contributed by atoms with Crippen molar-refractivity contribution in [2.75, 3.05) is 9.80 Å². The summed E-state index contributed by atoms with van der Waals surface area (Å²) < 4.78 is 26.8. The van der Waals surface area contributed by atoms with Gasteiger partial charge in [0.05, 0.1) is 22.2 Å². The molecule has 2 aromatic carbocycles. The maximum Gasteiger partial charge on any atom is 0.280 e. The Morgan fingerprint density at radius 1 is 0.660 bits per heavy atom. The van der Waals surface area contributed by atoms with Gasteiger partial charge in [-0.2, -0.15) is 5.10 Å². The van der Waals surface area contributed by atoms with Gasteiger partial charge in [-0.15, -0.1) is 0 Å². The number of nitrogens with zero attached hydrogens (tertiary/aromatic N) is 3. The molecule has 2 amide bonds. The van der Waals surface area contributed by atoms with Gasteiger partial charge in [0.1, 0.15) is 11.4 Å². The molecule has 4 aliphatic rings. The molecular weight excluding hydrogens is 674 g/mol. The predicted molar refractivity (Wildman–Crippen MR) is 204 cm³/mol. The molecule has 9 nitrogen and oxygen atoms in total. The Morgan fingerprint density at radius 2 is 1.13 bits per heavy atom. The highest BCUT2D eigenvalue weighted by Gasteiger charge is 2.46. The summed E-state index contributed by atoms with van der Waals surface area (Å²) in [6.07, 6.45) is 3.13. The van der Waals surface area contributed by atoms with E-state index >= 15 is 0 Å². The monoisotopic (exact) mass is 722 g/mol. The number of hydrogen-bond donors (Lipinski definition) is 3. The van der Waals surface area contributed by atoms with E-state index in [1.807, 2.05) is 51.3 Å². The molecule has 2 aliphatic carbocycles. The van der Waals surface area contributed by atoms with Crippen molar-refractivity contribution in [3.8, 4) is 11.4 Å². The minimum absolute atomic E-state index is 0.0598. The predicted octanol–water partition coefficient (Wildman–Crippen LogP) is 9.13. The first-order valence-corrected chi connectivity index (χ1v) is 19.0. The number of nitrogens with one attached hydrogen (secondary N) is 3. The van der Waals surface area contributed by atoms with Gasteiger partial charge in [0.2, 0.25) is 11.8 Å². The van der Waals surface area contributed by atoms with Gasteiger partial charge in [-0.3, -0.25) is 19.5 Å². The van der Waals surface area contributed by atoms with Gasteiger partial charge >= 0.3 is 0 Å². The van der Waals surface area contributed by atoms with E-state index < -0.39 is 17.3 Å². The molecule has 11 heteroatoms. The number of aromatic amines is 3. The fourth-order valence-electron chi connectivity index (χ4n) is 9.18. The van der Waals surface area contributed by atoms with Gasteiger partial charge in [-0.25, -0.2) is 8.78 Å². The van der Waals surface area contributed by atoms with Crippen LogP contribution in [0.5, 0.6) is 0 Å². The van der Waals surface area contributed by atoms with Crippen molar-refractivity contribution >= 4 is 50.8 Å². The largest absolute Gasteiger partial charge is 0.353 e. The topological polar surface area (TPSA) is 118 Å². The standard InChI is InChI=1S/C22H24F2N4O.C20H24N2O2/c1-10(2)28-16-8-13-11-6-5-7-12-18(26-27-19(12)20(23)24)17(11)25-15(13)9-14(16)22(3,4)21(28)29;1-11(2)22-16-9-13-12-7-5-6-8-17(23)18(12)21-15(13)10-14(16)20(3,4)19(22)24/h8-10,20,25H,5-7H2,1-4H3,(H,26,27);9-11,21H,5-8H2,1-4H3. The molecule has 0 unspecified atom stereocenters. The molecule has 3 aromatic heterocycles. The van der Waals surface area contributed by atoms with Gasteiger partial charge in [0.25, 0.3) is 6.43 Å². The minimum Gasteiger partial charge on any atom is -0.353 e. The molecule has 0 atom stereocenters. The first kappa shape index (κ1) is 35.2. The second-order valence-electron chi connectivity index (χ2n) is 16.8. The van der Waals surface area contributed by atoms with Crippen LogP contribution in [-0.2, 0) is 39.7 Å². The molecular formula is C42H48F2N6O3. The lowest BCUT2D eigenvalue weighted by molar-refractivity contribution is -0.123. The lowest BCUT2D eigenvalue weighted by Gasteiger charge is -2.24. The zero-order valence-electron chi connectivity index (χ0n) is 31.8. The van der Waals surface area contributed by atoms with Crippen molar-refractivity contribution in [2.24, 2.45) is 0 Å². The van der Waals surface area contributed by atoms with E-state index in [0.717, 1.165) is 98.9 Å². The number of anilines is 2. The zero-order valence-corrected chi connectivity index (χ0v) is 31.8. The molecule has 2 aliphatic heterocycles. The van der Waals surface area contributed by atoms with Crippen LogP contribution in [0.15, 0.2) is 24.3 Å². The van der Waals surface area contributed by atoms with E-state index in [4.69, 9.17) is 0 Å². The van der Waals surface area contributed by atoms with Crippen LogP contribution in [0.1, 0.15) is 131 Å². The second kappa shape index (κ2) is 12.1. The summed E-state index contributed by atoms with van der Waals surface area (Å²) in [5.74, 6) is 0.481. The normalized spacial score (nSPS) is 18.7. The Morgan fingerprint density at radius 3 is 1.66 bits per heavy atom. The van der Waals surface area contributed by atoms with E-state index in [0.29, 0.717) is 24.1 Å². The van der Waals surface area contributed by atoms with E-state index in [1.54, 1.807) is 0 Å². The Kier molecular flexibility index (Phi) is 8.05. The number of amides is 2. The van der Waals surface area contributed by atoms with Crippen molar-refractivity contribution in [1.29, 1.82) is 0 Å². The number of carbonyl (C=O) groups is 3. The summed E-state index contributed by atoms with van der Waals surface area (Å²) in [7, 11) is 0.